The SMILES string of the molecule is CNC(=O)c1ccc(-n2c(NCc3ccn(-c4ccc(F)cc4)n3)nc3c(c2=O)C[C@@H](C)N(C(=O)c2ccc(Cl)c(Cl)c2)C3)cc1. The molecule has 5 aromatic rings. The predicted octanol–water partition coefficient (Wildman–Crippen LogP) is 5.42. The van der Waals surface area contributed by atoms with Gasteiger partial charge in [0.15, 0.2) is 0 Å². The Morgan fingerprint density at radius 2 is 1.65 bits per heavy atom. The summed E-state index contributed by atoms with van der Waals surface area (Å²) < 4.78 is 16.5. The van der Waals surface area contributed by atoms with E-state index in [1.807, 2.05) is 6.92 Å². The van der Waals surface area contributed by atoms with E-state index < -0.39 is 0 Å². The first-order valence-corrected chi connectivity index (χ1v) is 15.2. The summed E-state index contributed by atoms with van der Waals surface area (Å²) in [5.74, 6) is -0.611. The molecule has 0 bridgehead atoms. The molecule has 1 aliphatic heterocycles. The Balaban J connectivity index is 1.35. The summed E-state index contributed by atoms with van der Waals surface area (Å²) in [4.78, 5) is 46.3. The molecule has 13 heteroatoms. The number of anilines is 1. The van der Waals surface area contributed by atoms with E-state index >= 15 is 0 Å². The molecule has 0 saturated carbocycles. The van der Waals surface area contributed by atoms with Crippen LogP contribution in [-0.4, -0.2) is 49.1 Å². The highest BCUT2D eigenvalue weighted by Crippen LogP contribution is 2.27. The zero-order valence-electron chi connectivity index (χ0n) is 24.8. The smallest absolute Gasteiger partial charge is 0.263 e. The zero-order valence-corrected chi connectivity index (χ0v) is 26.3. The lowest BCUT2D eigenvalue weighted by Crippen LogP contribution is -2.46. The Hall–Kier alpha value is -5.00. The number of rotatable bonds is 7. The van der Waals surface area contributed by atoms with Crippen molar-refractivity contribution in [3.05, 3.63) is 133 Å². The maximum atomic E-state index is 14.1. The molecular formula is C33H28Cl2FN7O3. The van der Waals surface area contributed by atoms with Gasteiger partial charge in [-0.05, 0) is 86.1 Å². The van der Waals surface area contributed by atoms with Crippen molar-refractivity contribution in [2.24, 2.45) is 0 Å². The van der Waals surface area contributed by atoms with Gasteiger partial charge in [-0.3, -0.25) is 14.4 Å². The van der Waals surface area contributed by atoms with E-state index in [4.69, 9.17) is 28.2 Å². The number of aromatic nitrogens is 4. The van der Waals surface area contributed by atoms with E-state index in [0.717, 1.165) is 0 Å². The molecule has 1 aliphatic rings. The molecule has 0 saturated heterocycles. The molecule has 2 amide bonds. The van der Waals surface area contributed by atoms with Crippen LogP contribution in [0.1, 0.15) is 44.6 Å². The Kier molecular flexibility index (Phi) is 8.61. The number of hydrogen-bond acceptors (Lipinski definition) is 6. The largest absolute Gasteiger partial charge is 0.355 e. The molecule has 0 aliphatic carbocycles. The molecule has 0 unspecified atom stereocenters. The molecule has 2 N–H and O–H groups in total. The van der Waals surface area contributed by atoms with E-state index in [0.29, 0.717) is 44.5 Å². The molecule has 6 rings (SSSR count). The summed E-state index contributed by atoms with van der Waals surface area (Å²) in [5.41, 5.74) is 3.33. The number of halogens is 3. The van der Waals surface area contributed by atoms with Crippen molar-refractivity contribution in [2.45, 2.75) is 32.5 Å². The number of nitrogens with one attached hydrogen (secondary N) is 2. The number of benzene rings is 3. The fraction of sp³-hybridized carbons (Fsp3) is 0.182. The molecule has 1 atom stereocenters. The lowest BCUT2D eigenvalue weighted by Gasteiger charge is -2.34. The van der Waals surface area contributed by atoms with E-state index in [-0.39, 0.29) is 59.7 Å². The quantitative estimate of drug-likeness (QED) is 0.241. The summed E-state index contributed by atoms with van der Waals surface area (Å²) in [6.07, 6.45) is 2.04. The van der Waals surface area contributed by atoms with Crippen molar-refractivity contribution < 1.29 is 14.0 Å². The average molecular weight is 661 g/mol. The van der Waals surface area contributed by atoms with Crippen molar-refractivity contribution in [3.63, 3.8) is 0 Å². The van der Waals surface area contributed by atoms with Crippen molar-refractivity contribution in [1.82, 2.24) is 29.5 Å². The topological polar surface area (TPSA) is 114 Å². The average Bonchev–Trinajstić information content (AvgIpc) is 3.54. The summed E-state index contributed by atoms with van der Waals surface area (Å²) >= 11 is 12.2. The Morgan fingerprint density at radius 3 is 2.35 bits per heavy atom. The molecule has 234 valence electrons. The van der Waals surface area contributed by atoms with Crippen molar-refractivity contribution >= 4 is 41.0 Å². The number of carbonyl (C=O) groups is 2. The zero-order chi connectivity index (χ0) is 32.5. The van der Waals surface area contributed by atoms with Crippen LogP contribution in [-0.2, 0) is 19.5 Å². The van der Waals surface area contributed by atoms with Crippen LogP contribution in [0.4, 0.5) is 10.3 Å². The molecule has 2 aromatic heterocycles. The number of amides is 2. The summed E-state index contributed by atoms with van der Waals surface area (Å²) in [5, 5.41) is 11.0. The van der Waals surface area contributed by atoms with E-state index in [1.165, 1.54) is 22.8 Å². The highest BCUT2D eigenvalue weighted by atomic mass is 35.5. The van der Waals surface area contributed by atoms with Gasteiger partial charge in [0, 0.05) is 36.0 Å². The van der Waals surface area contributed by atoms with Gasteiger partial charge in [0.05, 0.1) is 45.9 Å². The van der Waals surface area contributed by atoms with Crippen LogP contribution in [0.15, 0.2) is 83.8 Å². The van der Waals surface area contributed by atoms with Gasteiger partial charge in [-0.1, -0.05) is 23.2 Å². The first-order chi connectivity index (χ1) is 22.1. The van der Waals surface area contributed by atoms with Gasteiger partial charge < -0.3 is 15.5 Å². The van der Waals surface area contributed by atoms with Crippen LogP contribution in [0.25, 0.3) is 11.4 Å². The molecule has 3 aromatic carbocycles. The monoisotopic (exact) mass is 659 g/mol. The fourth-order valence-corrected chi connectivity index (χ4v) is 5.65. The highest BCUT2D eigenvalue weighted by Gasteiger charge is 2.32. The summed E-state index contributed by atoms with van der Waals surface area (Å²) in [6.45, 7) is 2.19. The fourth-order valence-electron chi connectivity index (χ4n) is 5.35. The second-order valence-electron chi connectivity index (χ2n) is 10.8. The maximum Gasteiger partial charge on any atom is 0.263 e. The van der Waals surface area contributed by atoms with E-state index in [9.17, 15) is 18.8 Å². The van der Waals surface area contributed by atoms with E-state index in [2.05, 4.69) is 15.7 Å². The Bertz CT molecular complexity index is 2010. The maximum absolute atomic E-state index is 14.1. The van der Waals surface area contributed by atoms with Crippen LogP contribution >= 0.6 is 23.2 Å². The molecule has 0 spiro atoms. The second kappa shape index (κ2) is 12.8. The van der Waals surface area contributed by atoms with Gasteiger partial charge >= 0.3 is 0 Å². The van der Waals surface area contributed by atoms with Crippen LogP contribution in [0.2, 0.25) is 10.0 Å². The number of nitrogens with zero attached hydrogens (tertiary/aromatic N) is 5. The van der Waals surface area contributed by atoms with Crippen LogP contribution in [0.3, 0.4) is 0 Å². The first kappa shape index (κ1) is 31.0. The standard InChI is InChI=1S/C33H28Cl2FN7O3/c1-19-15-26-29(18-41(19)31(45)21-5-12-27(34)28(35)16-21)39-33(43(32(26)46)25-8-3-20(4-9-25)30(44)37-2)38-17-23-13-14-42(40-23)24-10-6-22(36)7-11-24/h3-14,16,19H,15,17-18H2,1-2H3,(H,37,44)(H,38,39)/t19-/m1/s1. The summed E-state index contributed by atoms with van der Waals surface area (Å²) in [7, 11) is 1.55. The molecule has 0 fully saturated rings. The normalized spacial score (nSPS) is 14.1. The number of carbonyl (C=O) groups excluding carboxylic acids is 2. The minimum atomic E-state index is -0.343. The second-order valence-corrected chi connectivity index (χ2v) is 11.6. The molecule has 46 heavy (non-hydrogen) atoms. The highest BCUT2D eigenvalue weighted by molar-refractivity contribution is 6.42. The van der Waals surface area contributed by atoms with Gasteiger partial charge in [0.1, 0.15) is 5.82 Å². The minimum absolute atomic E-state index is 0.106. The lowest BCUT2D eigenvalue weighted by atomic mass is 9.98. The van der Waals surface area contributed by atoms with E-state index in [1.54, 1.807) is 77.4 Å². The predicted molar refractivity (Wildman–Crippen MR) is 174 cm³/mol. The van der Waals surface area contributed by atoms with Crippen LogP contribution in [0.5, 0.6) is 0 Å². The van der Waals surface area contributed by atoms with Gasteiger partial charge in [-0.15, -0.1) is 0 Å². The molecule has 10 nitrogen and oxygen atoms in total. The van der Waals surface area contributed by atoms with Crippen LogP contribution in [0, 0.1) is 5.82 Å². The van der Waals surface area contributed by atoms with Crippen molar-refractivity contribution in [2.75, 3.05) is 12.4 Å². The molecule has 3 heterocycles. The number of fused-ring (bicyclic) bond motifs is 1. The molecule has 0 radical (unpaired) electrons. The Labute approximate surface area is 273 Å². The van der Waals surface area contributed by atoms with Gasteiger partial charge in [-0.2, -0.15) is 5.10 Å². The van der Waals surface area contributed by atoms with Crippen molar-refractivity contribution in [3.8, 4) is 11.4 Å². The summed E-state index contributed by atoms with van der Waals surface area (Å²) in [6, 6.07) is 18.8. The third-order valence-electron chi connectivity index (χ3n) is 7.82. The van der Waals surface area contributed by atoms with Crippen LogP contribution < -0.4 is 16.2 Å². The first-order valence-electron chi connectivity index (χ1n) is 14.4. The third kappa shape index (κ3) is 6.11. The lowest BCUT2D eigenvalue weighted by molar-refractivity contribution is 0.0653. The van der Waals surface area contributed by atoms with Gasteiger partial charge in [-0.25, -0.2) is 18.6 Å². The van der Waals surface area contributed by atoms with Crippen molar-refractivity contribution in [1.29, 1.82) is 0 Å². The number of hydrogen-bond donors (Lipinski definition) is 2. The third-order valence-corrected chi connectivity index (χ3v) is 8.56. The van der Waals surface area contributed by atoms with Gasteiger partial charge in [0.2, 0.25) is 5.95 Å². The Morgan fingerprint density at radius 1 is 0.957 bits per heavy atom. The molecular weight excluding hydrogens is 632 g/mol. The minimum Gasteiger partial charge on any atom is -0.355 e. The van der Waals surface area contributed by atoms with Gasteiger partial charge in [0.25, 0.3) is 17.4 Å².